The van der Waals surface area contributed by atoms with Crippen molar-refractivity contribution in [2.24, 2.45) is 0 Å². The van der Waals surface area contributed by atoms with Crippen molar-refractivity contribution < 1.29 is 14.6 Å². The molecule has 0 saturated carbocycles. The van der Waals surface area contributed by atoms with Gasteiger partial charge in [-0.25, -0.2) is 0 Å². The van der Waals surface area contributed by atoms with Gasteiger partial charge in [0.25, 0.3) is 5.69 Å². The number of benzene rings is 3. The van der Waals surface area contributed by atoms with E-state index in [1.807, 2.05) is 77.7 Å². The molecular formula is C25H26N3O3+. The van der Waals surface area contributed by atoms with Gasteiger partial charge in [-0.05, 0) is 23.3 Å². The van der Waals surface area contributed by atoms with Gasteiger partial charge in [0.15, 0.2) is 0 Å². The zero-order chi connectivity index (χ0) is 21.6. The van der Waals surface area contributed by atoms with Gasteiger partial charge >= 0.3 is 0 Å². The second kappa shape index (κ2) is 9.53. The second-order valence-corrected chi connectivity index (χ2v) is 7.93. The first-order chi connectivity index (χ1) is 15.1. The molecular weight excluding hydrogens is 390 g/mol. The Morgan fingerprint density at radius 3 is 1.87 bits per heavy atom. The summed E-state index contributed by atoms with van der Waals surface area (Å²) >= 11 is 0. The van der Waals surface area contributed by atoms with Crippen molar-refractivity contribution in [2.75, 3.05) is 26.2 Å². The molecule has 3 aromatic carbocycles. The summed E-state index contributed by atoms with van der Waals surface area (Å²) in [5.41, 5.74) is 3.22. The number of nitro groups is 1. The number of carbonyl (C=O) groups is 1. The number of carbonyl (C=O) groups excluding carboxylic acids is 1. The van der Waals surface area contributed by atoms with E-state index in [0.717, 1.165) is 36.3 Å². The molecule has 0 aliphatic carbocycles. The number of rotatable bonds is 6. The van der Waals surface area contributed by atoms with E-state index in [1.54, 1.807) is 12.1 Å². The maximum absolute atomic E-state index is 13.5. The summed E-state index contributed by atoms with van der Waals surface area (Å²) in [6.07, 6.45) is 0. The van der Waals surface area contributed by atoms with Crippen LogP contribution in [-0.4, -0.2) is 41.9 Å². The lowest BCUT2D eigenvalue weighted by atomic mass is 9.90. The minimum atomic E-state index is -0.378. The minimum Gasteiger partial charge on any atom is -0.331 e. The van der Waals surface area contributed by atoms with Crippen molar-refractivity contribution in [2.45, 2.75) is 12.5 Å². The molecule has 6 heteroatoms. The SMILES string of the molecule is O=C(C(c1ccccc1)c1ccccc1)N1CC[NH+](Cc2ccc([N+](=O)[O-])cc2)CC1. The highest BCUT2D eigenvalue weighted by atomic mass is 16.6. The topological polar surface area (TPSA) is 67.9 Å². The van der Waals surface area contributed by atoms with E-state index in [9.17, 15) is 14.9 Å². The molecule has 4 rings (SSSR count). The first-order valence-corrected chi connectivity index (χ1v) is 10.6. The molecule has 1 saturated heterocycles. The molecule has 1 amide bonds. The molecule has 6 nitrogen and oxygen atoms in total. The van der Waals surface area contributed by atoms with Crippen molar-refractivity contribution in [3.63, 3.8) is 0 Å². The summed E-state index contributed by atoms with van der Waals surface area (Å²) < 4.78 is 0. The Bertz CT molecular complexity index is 975. The number of nitrogens with one attached hydrogen (secondary N) is 1. The first-order valence-electron chi connectivity index (χ1n) is 10.6. The van der Waals surface area contributed by atoms with Crippen LogP contribution in [0.25, 0.3) is 0 Å². The summed E-state index contributed by atoms with van der Waals surface area (Å²) in [7, 11) is 0. The van der Waals surface area contributed by atoms with Gasteiger partial charge in [-0.1, -0.05) is 60.7 Å². The van der Waals surface area contributed by atoms with E-state index in [4.69, 9.17) is 0 Å². The third kappa shape index (κ3) is 4.98. The molecule has 1 heterocycles. The molecule has 1 fully saturated rings. The zero-order valence-electron chi connectivity index (χ0n) is 17.3. The lowest BCUT2D eigenvalue weighted by molar-refractivity contribution is -0.917. The van der Waals surface area contributed by atoms with Crippen LogP contribution in [0, 0.1) is 10.1 Å². The fourth-order valence-corrected chi connectivity index (χ4v) is 4.20. The number of nitrogens with zero attached hydrogens (tertiary/aromatic N) is 2. The molecule has 3 aromatic rings. The lowest BCUT2D eigenvalue weighted by Crippen LogP contribution is -3.13. The van der Waals surface area contributed by atoms with E-state index >= 15 is 0 Å². The maximum atomic E-state index is 13.5. The van der Waals surface area contributed by atoms with Gasteiger partial charge in [0, 0.05) is 17.7 Å². The predicted octanol–water partition coefficient (Wildman–Crippen LogP) is 2.65. The van der Waals surface area contributed by atoms with Crippen molar-refractivity contribution in [3.05, 3.63) is 112 Å². The average molecular weight is 417 g/mol. The Hall–Kier alpha value is -3.51. The van der Waals surface area contributed by atoms with Crippen molar-refractivity contribution in [3.8, 4) is 0 Å². The molecule has 31 heavy (non-hydrogen) atoms. The standard InChI is InChI=1S/C25H25N3O3/c29-25(24(21-7-3-1-4-8-21)22-9-5-2-6-10-22)27-17-15-26(16-18-27)19-20-11-13-23(14-12-20)28(30)31/h1-14,24H,15-19H2/p+1. The van der Waals surface area contributed by atoms with E-state index in [2.05, 4.69) is 0 Å². The molecule has 1 aliphatic heterocycles. The molecule has 0 aromatic heterocycles. The van der Waals surface area contributed by atoms with Crippen LogP contribution in [-0.2, 0) is 11.3 Å². The Morgan fingerprint density at radius 1 is 0.871 bits per heavy atom. The minimum absolute atomic E-state index is 0.113. The van der Waals surface area contributed by atoms with Gasteiger partial charge in [-0.2, -0.15) is 0 Å². The third-order valence-electron chi connectivity index (χ3n) is 5.90. The normalized spacial score (nSPS) is 14.5. The highest BCUT2D eigenvalue weighted by molar-refractivity contribution is 5.87. The lowest BCUT2D eigenvalue weighted by Gasteiger charge is -2.34. The number of piperazine rings is 1. The fraction of sp³-hybridized carbons (Fsp3) is 0.240. The van der Waals surface area contributed by atoms with Crippen molar-refractivity contribution in [1.29, 1.82) is 0 Å². The van der Waals surface area contributed by atoms with Crippen molar-refractivity contribution in [1.82, 2.24) is 4.90 Å². The summed E-state index contributed by atoms with van der Waals surface area (Å²) in [4.78, 5) is 27.3. The van der Waals surface area contributed by atoms with E-state index < -0.39 is 0 Å². The molecule has 0 bridgehead atoms. The number of hydrogen-bond acceptors (Lipinski definition) is 3. The van der Waals surface area contributed by atoms with Gasteiger partial charge in [0.2, 0.25) is 5.91 Å². The largest absolute Gasteiger partial charge is 0.331 e. The smallest absolute Gasteiger partial charge is 0.269 e. The molecule has 158 valence electrons. The van der Waals surface area contributed by atoms with E-state index in [1.165, 1.54) is 4.90 Å². The molecule has 0 unspecified atom stereocenters. The molecule has 0 atom stereocenters. The maximum Gasteiger partial charge on any atom is 0.269 e. The Kier molecular flexibility index (Phi) is 6.38. The monoisotopic (exact) mass is 416 g/mol. The molecule has 0 radical (unpaired) electrons. The molecule has 0 spiro atoms. The third-order valence-corrected chi connectivity index (χ3v) is 5.90. The van der Waals surface area contributed by atoms with Gasteiger partial charge in [0.1, 0.15) is 6.54 Å². The number of nitro benzene ring substituents is 1. The summed E-state index contributed by atoms with van der Waals surface area (Å²) in [6, 6.07) is 26.7. The van der Waals surface area contributed by atoms with Gasteiger partial charge < -0.3 is 9.80 Å². The van der Waals surface area contributed by atoms with Crippen LogP contribution < -0.4 is 4.90 Å². The van der Waals surface area contributed by atoms with Crippen LogP contribution in [0.2, 0.25) is 0 Å². The van der Waals surface area contributed by atoms with Gasteiger partial charge in [-0.3, -0.25) is 14.9 Å². The zero-order valence-corrected chi connectivity index (χ0v) is 17.3. The van der Waals surface area contributed by atoms with Gasteiger partial charge in [-0.15, -0.1) is 0 Å². The number of non-ortho nitro benzene ring substituents is 1. The fourth-order valence-electron chi connectivity index (χ4n) is 4.20. The second-order valence-electron chi connectivity index (χ2n) is 7.93. The van der Waals surface area contributed by atoms with Crippen LogP contribution in [0.15, 0.2) is 84.9 Å². The Labute approximate surface area is 181 Å². The van der Waals surface area contributed by atoms with Crippen LogP contribution in [0.4, 0.5) is 5.69 Å². The highest BCUT2D eigenvalue weighted by Gasteiger charge is 2.31. The quantitative estimate of drug-likeness (QED) is 0.496. The molecule has 1 N–H and O–H groups in total. The van der Waals surface area contributed by atoms with Crippen LogP contribution in [0.1, 0.15) is 22.6 Å². The van der Waals surface area contributed by atoms with Gasteiger partial charge in [0.05, 0.1) is 37.0 Å². The van der Waals surface area contributed by atoms with Crippen LogP contribution in [0.3, 0.4) is 0 Å². The number of amides is 1. The predicted molar refractivity (Wildman–Crippen MR) is 119 cm³/mol. The van der Waals surface area contributed by atoms with Crippen molar-refractivity contribution >= 4 is 11.6 Å². The summed E-state index contributed by atoms with van der Waals surface area (Å²) in [5.74, 6) is -0.148. The Balaban J connectivity index is 1.42. The average Bonchev–Trinajstić information content (AvgIpc) is 2.81. The number of quaternary nitrogens is 1. The molecule has 1 aliphatic rings. The van der Waals surface area contributed by atoms with E-state index in [0.29, 0.717) is 13.1 Å². The van der Waals surface area contributed by atoms with E-state index in [-0.39, 0.29) is 22.4 Å². The highest BCUT2D eigenvalue weighted by Crippen LogP contribution is 2.26. The van der Waals surface area contributed by atoms with Crippen LogP contribution in [0.5, 0.6) is 0 Å². The Morgan fingerprint density at radius 2 is 1.39 bits per heavy atom. The summed E-state index contributed by atoms with van der Waals surface area (Å²) in [5, 5.41) is 10.8. The number of hydrogen-bond donors (Lipinski definition) is 1. The summed E-state index contributed by atoms with van der Waals surface area (Å²) in [6.45, 7) is 3.94. The van der Waals surface area contributed by atoms with Crippen LogP contribution >= 0.6 is 0 Å². The first kappa shape index (κ1) is 20.8.